The van der Waals surface area contributed by atoms with E-state index in [-0.39, 0.29) is 19.4 Å². The second-order valence-electron chi connectivity index (χ2n) is 4.99. The number of nitrogens with zero attached hydrogens (tertiary/aromatic N) is 1. The normalized spacial score (nSPS) is 13.9. The number of halogens is 2. The van der Waals surface area contributed by atoms with E-state index in [0.717, 1.165) is 0 Å². The van der Waals surface area contributed by atoms with Gasteiger partial charge in [0.05, 0.1) is 8.35 Å². The van der Waals surface area contributed by atoms with E-state index in [1.807, 2.05) is 41.5 Å². The minimum atomic E-state index is -1.55. The standard InChI is InChI=1S/C9H18F2NP/c1-8(2,3)12(9(4,5)6)13-7(10)11/h1-6H3. The summed E-state index contributed by atoms with van der Waals surface area (Å²) >= 11 is 0. The van der Waals surface area contributed by atoms with Gasteiger partial charge < -0.3 is 0 Å². The van der Waals surface area contributed by atoms with Crippen LogP contribution in [0.1, 0.15) is 41.5 Å². The van der Waals surface area contributed by atoms with E-state index < -0.39 is 5.80 Å². The quantitative estimate of drug-likeness (QED) is 0.594. The first-order valence-electron chi connectivity index (χ1n) is 4.25. The van der Waals surface area contributed by atoms with E-state index in [4.69, 9.17) is 0 Å². The number of hydrogen-bond donors (Lipinski definition) is 0. The lowest BCUT2D eigenvalue weighted by atomic mass is 10.0. The van der Waals surface area contributed by atoms with Gasteiger partial charge in [-0.1, -0.05) is 0 Å². The zero-order valence-corrected chi connectivity index (χ0v) is 10.0. The van der Waals surface area contributed by atoms with Crippen LogP contribution in [0.3, 0.4) is 0 Å². The van der Waals surface area contributed by atoms with Crippen LogP contribution in [-0.4, -0.2) is 21.5 Å². The fourth-order valence-electron chi connectivity index (χ4n) is 1.38. The van der Waals surface area contributed by atoms with Crippen molar-refractivity contribution >= 4 is 14.2 Å². The van der Waals surface area contributed by atoms with Gasteiger partial charge in [0.15, 0.2) is 0 Å². The maximum Gasteiger partial charge on any atom is 0.306 e. The van der Waals surface area contributed by atoms with Gasteiger partial charge in [-0.05, 0) is 41.5 Å². The third-order valence-electron chi connectivity index (χ3n) is 1.45. The Morgan fingerprint density at radius 3 is 1.31 bits per heavy atom. The van der Waals surface area contributed by atoms with E-state index in [2.05, 4.69) is 0 Å². The average molecular weight is 209 g/mol. The molecule has 0 heterocycles. The van der Waals surface area contributed by atoms with Crippen LogP contribution < -0.4 is 0 Å². The van der Waals surface area contributed by atoms with Crippen molar-refractivity contribution in [1.29, 1.82) is 0 Å². The van der Waals surface area contributed by atoms with Crippen molar-refractivity contribution < 1.29 is 8.78 Å². The summed E-state index contributed by atoms with van der Waals surface area (Å²) in [6.07, 6.45) is 0. The van der Waals surface area contributed by atoms with Crippen molar-refractivity contribution in [1.82, 2.24) is 4.67 Å². The smallest absolute Gasteiger partial charge is 0.242 e. The molecule has 0 aliphatic heterocycles. The van der Waals surface area contributed by atoms with Crippen LogP contribution in [0.4, 0.5) is 8.78 Å². The molecule has 0 aromatic rings. The number of hydrogen-bond acceptors (Lipinski definition) is 1. The highest BCUT2D eigenvalue weighted by Crippen LogP contribution is 2.32. The highest BCUT2D eigenvalue weighted by Gasteiger charge is 2.31. The van der Waals surface area contributed by atoms with Crippen molar-refractivity contribution in [2.75, 3.05) is 0 Å². The van der Waals surface area contributed by atoms with E-state index >= 15 is 0 Å². The van der Waals surface area contributed by atoms with Crippen LogP contribution in [0.5, 0.6) is 0 Å². The maximum absolute atomic E-state index is 12.2. The fourth-order valence-corrected chi connectivity index (χ4v) is 2.13. The molecule has 78 valence electrons. The van der Waals surface area contributed by atoms with E-state index in [1.54, 1.807) is 4.67 Å². The Morgan fingerprint density at radius 2 is 1.23 bits per heavy atom. The lowest BCUT2D eigenvalue weighted by molar-refractivity contribution is 0.154. The molecule has 0 spiro atoms. The third kappa shape index (κ3) is 4.68. The highest BCUT2D eigenvalue weighted by molar-refractivity contribution is 7.37. The molecule has 0 rings (SSSR count). The summed E-state index contributed by atoms with van der Waals surface area (Å²) in [5, 5.41) is 0. The second kappa shape index (κ2) is 4.02. The molecular formula is C9H18F2NP. The van der Waals surface area contributed by atoms with E-state index in [9.17, 15) is 8.78 Å². The Bertz CT molecular complexity index is 183. The van der Waals surface area contributed by atoms with Crippen LogP contribution in [0, 0.1) is 0 Å². The van der Waals surface area contributed by atoms with Gasteiger partial charge in [0.1, 0.15) is 0 Å². The summed E-state index contributed by atoms with van der Waals surface area (Å²) in [4.78, 5) is 0. The molecule has 0 saturated heterocycles. The summed E-state index contributed by atoms with van der Waals surface area (Å²) in [6.45, 7) is 11.6. The van der Waals surface area contributed by atoms with E-state index in [1.165, 1.54) is 0 Å². The molecule has 0 amide bonds. The Balaban J connectivity index is 4.90. The molecule has 0 saturated carbocycles. The van der Waals surface area contributed by atoms with Gasteiger partial charge in [0, 0.05) is 11.1 Å². The van der Waals surface area contributed by atoms with Gasteiger partial charge in [-0.25, -0.2) is 4.67 Å². The van der Waals surface area contributed by atoms with Crippen LogP contribution in [0.25, 0.3) is 0 Å². The summed E-state index contributed by atoms with van der Waals surface area (Å²) in [5.74, 6) is -1.55. The Hall–Kier alpha value is -0.0100. The molecule has 4 heteroatoms. The molecule has 0 aliphatic rings. The molecule has 1 nitrogen and oxygen atoms in total. The van der Waals surface area contributed by atoms with Crippen molar-refractivity contribution in [2.24, 2.45) is 0 Å². The summed E-state index contributed by atoms with van der Waals surface area (Å²) in [7, 11) is 0.0147. The Kier molecular flexibility index (Phi) is 4.01. The zero-order valence-electron chi connectivity index (χ0n) is 9.15. The first-order chi connectivity index (χ1) is 5.55. The molecule has 13 heavy (non-hydrogen) atoms. The predicted molar refractivity (Wildman–Crippen MR) is 55.5 cm³/mol. The topological polar surface area (TPSA) is 3.24 Å². The van der Waals surface area contributed by atoms with Crippen LogP contribution >= 0.6 is 8.35 Å². The molecule has 0 atom stereocenters. The Morgan fingerprint density at radius 1 is 0.923 bits per heavy atom. The SMILES string of the molecule is CC(C)(C)N(P=C(F)F)C(C)(C)C. The molecule has 0 unspecified atom stereocenters. The van der Waals surface area contributed by atoms with Gasteiger partial charge in [0.2, 0.25) is 0 Å². The van der Waals surface area contributed by atoms with Crippen molar-refractivity contribution in [3.05, 3.63) is 0 Å². The minimum Gasteiger partial charge on any atom is -0.242 e. The highest BCUT2D eigenvalue weighted by atomic mass is 31.1. The fraction of sp³-hybridized carbons (Fsp3) is 0.889. The van der Waals surface area contributed by atoms with Gasteiger partial charge in [-0.3, -0.25) is 0 Å². The molecule has 0 aliphatic carbocycles. The van der Waals surface area contributed by atoms with Gasteiger partial charge in [-0.2, -0.15) is 8.78 Å². The lowest BCUT2D eigenvalue weighted by Crippen LogP contribution is -2.46. The van der Waals surface area contributed by atoms with Crippen molar-refractivity contribution in [3.63, 3.8) is 0 Å². The van der Waals surface area contributed by atoms with Gasteiger partial charge >= 0.3 is 5.80 Å². The van der Waals surface area contributed by atoms with Gasteiger partial charge in [0.25, 0.3) is 0 Å². The summed E-state index contributed by atoms with van der Waals surface area (Å²) < 4.78 is 26.2. The Labute approximate surface area is 81.0 Å². The third-order valence-corrected chi connectivity index (χ3v) is 3.00. The van der Waals surface area contributed by atoms with Crippen molar-refractivity contribution in [3.8, 4) is 0 Å². The molecule has 0 aromatic heterocycles. The molecule has 0 N–H and O–H groups in total. The summed E-state index contributed by atoms with van der Waals surface area (Å²) in [5.41, 5.74) is -0.494. The minimum absolute atomic E-state index is 0.0147. The lowest BCUT2D eigenvalue weighted by Gasteiger charge is -2.41. The van der Waals surface area contributed by atoms with Crippen LogP contribution in [-0.2, 0) is 0 Å². The van der Waals surface area contributed by atoms with Crippen molar-refractivity contribution in [2.45, 2.75) is 52.6 Å². The summed E-state index contributed by atoms with van der Waals surface area (Å²) in [6, 6.07) is 0. The first kappa shape index (κ1) is 13.0. The van der Waals surface area contributed by atoms with Gasteiger partial charge in [-0.15, -0.1) is 0 Å². The van der Waals surface area contributed by atoms with Crippen LogP contribution in [0.15, 0.2) is 0 Å². The largest absolute Gasteiger partial charge is 0.306 e. The zero-order chi connectivity index (χ0) is 10.9. The average Bonchev–Trinajstić information content (AvgIpc) is 1.77. The molecule has 0 bridgehead atoms. The first-order valence-corrected chi connectivity index (χ1v) is 5.10. The predicted octanol–water partition coefficient (Wildman–Crippen LogP) is 3.77. The van der Waals surface area contributed by atoms with E-state index in [0.29, 0.717) is 0 Å². The molecule has 0 aromatic carbocycles. The maximum atomic E-state index is 12.2. The molecular weight excluding hydrogens is 191 g/mol. The molecule has 0 radical (unpaired) electrons. The number of rotatable bonds is 1. The van der Waals surface area contributed by atoms with Crippen LogP contribution in [0.2, 0.25) is 0 Å². The second-order valence-corrected chi connectivity index (χ2v) is 5.93. The monoisotopic (exact) mass is 209 g/mol. The molecule has 0 fully saturated rings.